The molecule has 2 saturated heterocycles. The first-order valence-electron chi connectivity index (χ1n) is 15.2. The monoisotopic (exact) mass is 673 g/mol. The number of hydrogen-bond donors (Lipinski definition) is 2. The zero-order chi connectivity index (χ0) is 31.8. The van der Waals surface area contributed by atoms with Crippen molar-refractivity contribution in [1.29, 1.82) is 5.26 Å². The van der Waals surface area contributed by atoms with Gasteiger partial charge in [0, 0.05) is 81.6 Å². The van der Waals surface area contributed by atoms with E-state index in [4.69, 9.17) is 9.97 Å². The number of rotatable bonds is 7. The van der Waals surface area contributed by atoms with Gasteiger partial charge in [0.25, 0.3) is 0 Å². The fraction of sp³-hybridized carbons (Fsp3) is 0.312. The summed E-state index contributed by atoms with van der Waals surface area (Å²) in [7, 11) is 1.91. The summed E-state index contributed by atoms with van der Waals surface area (Å²) in [5.74, 6) is 1.14. The van der Waals surface area contributed by atoms with E-state index < -0.39 is 0 Å². The van der Waals surface area contributed by atoms with Crippen LogP contribution < -0.4 is 20.4 Å². The quantitative estimate of drug-likeness (QED) is 0.257. The summed E-state index contributed by atoms with van der Waals surface area (Å²) < 4.78 is 15.6. The van der Waals surface area contributed by atoms with Crippen LogP contribution in [0.5, 0.6) is 0 Å². The molecule has 1 aromatic carbocycles. The van der Waals surface area contributed by atoms with Gasteiger partial charge in [-0.2, -0.15) is 5.26 Å². The Morgan fingerprint density at radius 1 is 1.06 bits per heavy atom. The van der Waals surface area contributed by atoms with Crippen molar-refractivity contribution >= 4 is 52.3 Å². The van der Waals surface area contributed by atoms with E-state index in [-0.39, 0.29) is 30.3 Å². The summed E-state index contributed by atoms with van der Waals surface area (Å²) in [6.07, 6.45) is 6.35. The molecule has 2 N–H and O–H groups in total. The lowest BCUT2D eigenvalue weighted by Gasteiger charge is -2.37. The van der Waals surface area contributed by atoms with E-state index in [9.17, 15) is 14.4 Å². The number of hydrogen-bond acceptors (Lipinski definition) is 10. The Kier molecular flexibility index (Phi) is 9.21. The first-order chi connectivity index (χ1) is 22.4. The number of benzene rings is 1. The third-order valence-electron chi connectivity index (χ3n) is 8.37. The Bertz CT molecular complexity index is 1930. The second-order valence-electron chi connectivity index (χ2n) is 11.3. The summed E-state index contributed by atoms with van der Waals surface area (Å²) in [6, 6.07) is 12.4. The minimum Gasteiger partial charge on any atom is -0.337 e. The van der Waals surface area contributed by atoms with Gasteiger partial charge in [-0.15, -0.1) is 12.4 Å². The molecule has 0 unspecified atom stereocenters. The molecule has 0 saturated carbocycles. The molecule has 15 heteroatoms. The SMILES string of the molecule is CCc1nc2ccc(-c3cnc(N4CCN(C(=O)NC5CNC5)CC4)nc3)cn2c1N(C)c1nc(-c2ccc(F)cc2)c(C#N)s1.Cl. The lowest BCUT2D eigenvalue weighted by molar-refractivity contribution is 0.185. The van der Waals surface area contributed by atoms with Crippen LogP contribution >= 0.6 is 23.7 Å². The minimum absolute atomic E-state index is 0. The van der Waals surface area contributed by atoms with Crippen LogP contribution in [0.2, 0.25) is 0 Å². The van der Waals surface area contributed by atoms with Crippen molar-refractivity contribution in [3.8, 4) is 28.5 Å². The molecule has 47 heavy (non-hydrogen) atoms. The number of aromatic nitrogens is 5. The number of carbonyl (C=O) groups is 1. The topological polar surface area (TPSA) is 131 Å². The molecule has 2 aliphatic heterocycles. The third-order valence-corrected chi connectivity index (χ3v) is 9.40. The van der Waals surface area contributed by atoms with Gasteiger partial charge in [-0.3, -0.25) is 4.40 Å². The Balaban J connectivity index is 0.00000386. The standard InChI is InChI=1S/C32H32FN11OS.ClH/c1-3-25-29(41(2)32-40-28(26(14-34)46-32)20-4-7-23(33)8-5-20)44-19-21(6-9-27(44)39-25)22-15-36-30(37-16-22)42-10-12-43(13-11-42)31(45)38-24-17-35-18-24;/h4-9,15-16,19,24,35H,3,10-13,17-18H2,1-2H3,(H,38,45);1H. The second kappa shape index (κ2) is 13.5. The highest BCUT2D eigenvalue weighted by molar-refractivity contribution is 7.16. The summed E-state index contributed by atoms with van der Waals surface area (Å²) in [5, 5.41) is 16.7. The van der Waals surface area contributed by atoms with Crippen LogP contribution in [-0.4, -0.2) is 87.6 Å². The molecule has 0 aliphatic carbocycles. The number of aryl methyl sites for hydroxylation is 1. The zero-order valence-corrected chi connectivity index (χ0v) is 27.5. The Morgan fingerprint density at radius 2 is 1.77 bits per heavy atom. The van der Waals surface area contributed by atoms with E-state index in [1.54, 1.807) is 12.1 Å². The number of carbonyl (C=O) groups excluding carboxylic acids is 1. The molecule has 0 spiro atoms. The van der Waals surface area contributed by atoms with E-state index in [0.717, 1.165) is 41.4 Å². The highest BCUT2D eigenvalue weighted by Gasteiger charge is 2.26. The van der Waals surface area contributed by atoms with Gasteiger partial charge < -0.3 is 25.3 Å². The lowest BCUT2D eigenvalue weighted by Crippen LogP contribution is -2.61. The fourth-order valence-corrected chi connectivity index (χ4v) is 6.51. The van der Waals surface area contributed by atoms with Crippen molar-refractivity contribution in [2.45, 2.75) is 19.4 Å². The molecule has 242 valence electrons. The van der Waals surface area contributed by atoms with Crippen LogP contribution in [0.1, 0.15) is 17.5 Å². The normalized spacial score (nSPS) is 14.8. The van der Waals surface area contributed by atoms with Gasteiger partial charge in [-0.05, 0) is 42.8 Å². The molecular formula is C32H33ClFN11OS. The third kappa shape index (κ3) is 6.29. The molecule has 7 rings (SSSR count). The van der Waals surface area contributed by atoms with Crippen molar-refractivity contribution in [2.75, 3.05) is 56.1 Å². The Labute approximate surface area is 281 Å². The average Bonchev–Trinajstić information content (AvgIpc) is 3.68. The predicted octanol–water partition coefficient (Wildman–Crippen LogP) is 4.48. The summed E-state index contributed by atoms with van der Waals surface area (Å²) in [5.41, 5.74) is 4.66. The van der Waals surface area contributed by atoms with Gasteiger partial charge in [0.15, 0.2) is 5.13 Å². The average molecular weight is 674 g/mol. The molecule has 0 bridgehead atoms. The number of urea groups is 1. The molecule has 12 nitrogen and oxygen atoms in total. The van der Waals surface area contributed by atoms with Crippen LogP contribution in [0.4, 0.5) is 26.1 Å². The molecule has 6 heterocycles. The van der Waals surface area contributed by atoms with Crippen molar-refractivity contribution in [3.05, 3.63) is 71.4 Å². The number of imidazole rings is 1. The van der Waals surface area contributed by atoms with Gasteiger partial charge in [0.1, 0.15) is 33.9 Å². The van der Waals surface area contributed by atoms with Gasteiger partial charge >= 0.3 is 6.03 Å². The number of halogens is 2. The molecule has 0 atom stereocenters. The van der Waals surface area contributed by atoms with E-state index in [0.29, 0.717) is 59.8 Å². The number of thiazole rings is 1. The van der Waals surface area contributed by atoms with E-state index in [1.807, 2.05) is 52.0 Å². The maximum atomic E-state index is 13.6. The molecular weight excluding hydrogens is 641 g/mol. The molecule has 4 aromatic heterocycles. The molecule has 2 fully saturated rings. The van der Waals surface area contributed by atoms with Gasteiger partial charge in [-0.25, -0.2) is 29.1 Å². The van der Waals surface area contributed by atoms with Crippen molar-refractivity contribution in [3.63, 3.8) is 0 Å². The van der Waals surface area contributed by atoms with Crippen LogP contribution in [0.3, 0.4) is 0 Å². The first-order valence-corrected chi connectivity index (χ1v) is 16.0. The van der Waals surface area contributed by atoms with Gasteiger partial charge in [0.2, 0.25) is 5.95 Å². The largest absolute Gasteiger partial charge is 0.337 e. The van der Waals surface area contributed by atoms with Crippen LogP contribution in [-0.2, 0) is 6.42 Å². The highest BCUT2D eigenvalue weighted by atomic mass is 35.5. The van der Waals surface area contributed by atoms with E-state index in [1.165, 1.54) is 23.5 Å². The van der Waals surface area contributed by atoms with Gasteiger partial charge in [0.05, 0.1) is 11.7 Å². The number of fused-ring (bicyclic) bond motifs is 1. The minimum atomic E-state index is -0.342. The fourth-order valence-electron chi connectivity index (χ4n) is 5.67. The highest BCUT2D eigenvalue weighted by Crippen LogP contribution is 2.37. The Morgan fingerprint density at radius 3 is 2.40 bits per heavy atom. The maximum Gasteiger partial charge on any atom is 0.317 e. The summed E-state index contributed by atoms with van der Waals surface area (Å²) in [4.78, 5) is 37.9. The number of nitriles is 1. The lowest BCUT2D eigenvalue weighted by atomic mass is 10.1. The number of pyridine rings is 1. The van der Waals surface area contributed by atoms with Crippen molar-refractivity contribution < 1.29 is 9.18 Å². The van der Waals surface area contributed by atoms with Crippen LogP contribution in [0, 0.1) is 17.1 Å². The van der Waals surface area contributed by atoms with Gasteiger partial charge in [-0.1, -0.05) is 18.3 Å². The second-order valence-corrected chi connectivity index (χ2v) is 12.3. The zero-order valence-electron chi connectivity index (χ0n) is 25.9. The summed E-state index contributed by atoms with van der Waals surface area (Å²) >= 11 is 1.28. The number of piperazine rings is 1. The predicted molar refractivity (Wildman–Crippen MR) is 182 cm³/mol. The number of nitrogens with zero attached hydrogens (tertiary/aromatic N) is 9. The number of nitrogens with one attached hydrogen (secondary N) is 2. The van der Waals surface area contributed by atoms with E-state index in [2.05, 4.69) is 38.5 Å². The van der Waals surface area contributed by atoms with Crippen LogP contribution in [0.15, 0.2) is 55.0 Å². The van der Waals surface area contributed by atoms with Crippen molar-refractivity contribution in [1.82, 2.24) is 39.9 Å². The maximum absolute atomic E-state index is 13.6. The smallest absolute Gasteiger partial charge is 0.317 e. The van der Waals surface area contributed by atoms with Crippen LogP contribution in [0.25, 0.3) is 28.0 Å². The number of amides is 2. The molecule has 2 aliphatic rings. The van der Waals surface area contributed by atoms with E-state index >= 15 is 0 Å². The number of anilines is 3. The molecule has 0 radical (unpaired) electrons. The first kappa shape index (κ1) is 32.1. The van der Waals surface area contributed by atoms with Crippen molar-refractivity contribution in [2.24, 2.45) is 0 Å². The molecule has 5 aromatic rings. The summed E-state index contributed by atoms with van der Waals surface area (Å²) in [6.45, 7) is 6.27. The Hall–Kier alpha value is -4.84. The molecule has 2 amide bonds.